The Hall–Kier alpha value is -2.99. The molecular formula is C21H22N2O4. The van der Waals surface area contributed by atoms with Crippen LogP contribution in [0.3, 0.4) is 0 Å². The van der Waals surface area contributed by atoms with Crippen LogP contribution in [0, 0.1) is 0 Å². The molecule has 140 valence electrons. The number of benzene rings is 2. The monoisotopic (exact) mass is 366 g/mol. The van der Waals surface area contributed by atoms with E-state index < -0.39 is 18.1 Å². The molecule has 1 saturated heterocycles. The topological polar surface area (TPSA) is 98.5 Å². The van der Waals surface area contributed by atoms with Gasteiger partial charge in [0.05, 0.1) is 0 Å². The van der Waals surface area contributed by atoms with E-state index >= 15 is 0 Å². The molecule has 6 nitrogen and oxygen atoms in total. The van der Waals surface area contributed by atoms with Gasteiger partial charge in [-0.2, -0.15) is 0 Å². The molecule has 27 heavy (non-hydrogen) atoms. The zero-order valence-electron chi connectivity index (χ0n) is 14.9. The van der Waals surface area contributed by atoms with Gasteiger partial charge >= 0.3 is 0 Å². The van der Waals surface area contributed by atoms with Gasteiger partial charge < -0.3 is 15.8 Å². The Balaban J connectivity index is 1.65. The third-order valence-corrected chi connectivity index (χ3v) is 4.57. The van der Waals surface area contributed by atoms with Crippen molar-refractivity contribution in [1.29, 1.82) is 0 Å². The van der Waals surface area contributed by atoms with Crippen LogP contribution in [-0.4, -0.2) is 36.4 Å². The van der Waals surface area contributed by atoms with Crippen LogP contribution in [0.15, 0.2) is 54.6 Å². The fourth-order valence-electron chi connectivity index (χ4n) is 3.06. The third-order valence-electron chi connectivity index (χ3n) is 4.57. The fourth-order valence-corrected chi connectivity index (χ4v) is 3.06. The van der Waals surface area contributed by atoms with Gasteiger partial charge in [-0.3, -0.25) is 14.4 Å². The molecule has 0 aromatic heterocycles. The van der Waals surface area contributed by atoms with Crippen molar-refractivity contribution >= 4 is 17.6 Å². The number of nitrogens with two attached hydrogens (primary N) is 1. The average Bonchev–Trinajstić information content (AvgIpc) is 3.23. The highest BCUT2D eigenvalue weighted by atomic mass is 16.5. The molecule has 2 amide bonds. The number of hydrogen-bond acceptors (Lipinski definition) is 4. The largest absolute Gasteiger partial charge is 0.368 e. The van der Waals surface area contributed by atoms with E-state index in [1.165, 1.54) is 0 Å². The molecule has 3 N–H and O–H groups in total. The minimum atomic E-state index is -0.822. The van der Waals surface area contributed by atoms with Gasteiger partial charge in [0.2, 0.25) is 11.8 Å². The van der Waals surface area contributed by atoms with Crippen molar-refractivity contribution < 1.29 is 19.1 Å². The van der Waals surface area contributed by atoms with E-state index in [0.29, 0.717) is 24.2 Å². The highest BCUT2D eigenvalue weighted by Crippen LogP contribution is 2.14. The van der Waals surface area contributed by atoms with Crippen LogP contribution in [0.4, 0.5) is 0 Å². The summed E-state index contributed by atoms with van der Waals surface area (Å²) in [6.45, 7) is 0.552. The summed E-state index contributed by atoms with van der Waals surface area (Å²) in [4.78, 5) is 36.3. The van der Waals surface area contributed by atoms with E-state index in [1.807, 2.05) is 18.2 Å². The van der Waals surface area contributed by atoms with Gasteiger partial charge in [0.1, 0.15) is 12.1 Å². The van der Waals surface area contributed by atoms with Crippen LogP contribution in [-0.2, 0) is 20.7 Å². The van der Waals surface area contributed by atoms with Gasteiger partial charge in [-0.05, 0) is 18.4 Å². The normalized spacial score (nSPS) is 17.3. The van der Waals surface area contributed by atoms with E-state index in [0.717, 1.165) is 12.0 Å². The van der Waals surface area contributed by atoms with Crippen molar-refractivity contribution in [2.75, 3.05) is 6.61 Å². The summed E-state index contributed by atoms with van der Waals surface area (Å²) in [5, 5.41) is 2.66. The standard InChI is InChI=1S/C21H22N2O4/c22-20(25)17(23-21(26)18-7-4-12-27-18)13-14-8-10-16(11-9-14)19(24)15-5-2-1-3-6-15/h1-3,5-6,8-11,17-18H,4,7,12-13H2,(H2,22,25)(H,23,26)/t17-,18+/m1/s1. The number of ether oxygens (including phenoxy) is 1. The Bertz CT molecular complexity index is 812. The van der Waals surface area contributed by atoms with Gasteiger partial charge in [0.25, 0.3) is 0 Å². The predicted molar refractivity (Wildman–Crippen MR) is 100 cm³/mol. The Morgan fingerprint density at radius 3 is 2.30 bits per heavy atom. The number of carbonyl (C=O) groups excluding carboxylic acids is 3. The van der Waals surface area contributed by atoms with Crippen molar-refractivity contribution in [3.05, 3.63) is 71.3 Å². The van der Waals surface area contributed by atoms with E-state index in [4.69, 9.17) is 10.5 Å². The van der Waals surface area contributed by atoms with Crippen LogP contribution in [0.5, 0.6) is 0 Å². The summed E-state index contributed by atoms with van der Waals surface area (Å²) in [5.74, 6) is -0.988. The Morgan fingerprint density at radius 2 is 1.70 bits per heavy atom. The zero-order valence-corrected chi connectivity index (χ0v) is 14.9. The first-order valence-electron chi connectivity index (χ1n) is 8.94. The molecule has 0 radical (unpaired) electrons. The van der Waals surface area contributed by atoms with E-state index in [1.54, 1.807) is 36.4 Å². The molecule has 0 spiro atoms. The van der Waals surface area contributed by atoms with Crippen molar-refractivity contribution in [3.8, 4) is 0 Å². The molecule has 1 fully saturated rings. The van der Waals surface area contributed by atoms with Gasteiger partial charge in [0.15, 0.2) is 5.78 Å². The summed E-state index contributed by atoms with van der Waals surface area (Å²) < 4.78 is 5.33. The quantitative estimate of drug-likeness (QED) is 0.727. The number of amides is 2. The minimum Gasteiger partial charge on any atom is -0.368 e. The van der Waals surface area contributed by atoms with Crippen molar-refractivity contribution in [1.82, 2.24) is 5.32 Å². The highest BCUT2D eigenvalue weighted by Gasteiger charge is 2.27. The van der Waals surface area contributed by atoms with Crippen LogP contribution in [0.25, 0.3) is 0 Å². The number of nitrogens with one attached hydrogen (secondary N) is 1. The van der Waals surface area contributed by atoms with E-state index in [-0.39, 0.29) is 18.1 Å². The molecule has 1 aliphatic rings. The number of rotatable bonds is 7. The molecule has 2 atom stereocenters. The van der Waals surface area contributed by atoms with E-state index in [2.05, 4.69) is 5.32 Å². The lowest BCUT2D eigenvalue weighted by atomic mass is 9.99. The number of hydrogen-bond donors (Lipinski definition) is 2. The van der Waals surface area contributed by atoms with Crippen LogP contribution >= 0.6 is 0 Å². The maximum atomic E-state index is 12.4. The van der Waals surface area contributed by atoms with Gasteiger partial charge in [-0.1, -0.05) is 54.6 Å². The van der Waals surface area contributed by atoms with Crippen LogP contribution in [0.2, 0.25) is 0 Å². The highest BCUT2D eigenvalue weighted by molar-refractivity contribution is 6.08. The fraction of sp³-hybridized carbons (Fsp3) is 0.286. The number of primary amides is 1. The van der Waals surface area contributed by atoms with E-state index in [9.17, 15) is 14.4 Å². The molecule has 2 aromatic carbocycles. The number of ketones is 1. The molecule has 2 aromatic rings. The lowest BCUT2D eigenvalue weighted by Gasteiger charge is -2.18. The first-order chi connectivity index (χ1) is 13.0. The van der Waals surface area contributed by atoms with Crippen LogP contribution in [0.1, 0.15) is 34.3 Å². The lowest BCUT2D eigenvalue weighted by molar-refractivity contribution is -0.133. The summed E-state index contributed by atoms with van der Waals surface area (Å²) >= 11 is 0. The molecule has 0 bridgehead atoms. The summed E-state index contributed by atoms with van der Waals surface area (Å²) in [7, 11) is 0. The SMILES string of the molecule is NC(=O)[C@@H](Cc1ccc(C(=O)c2ccccc2)cc1)NC(=O)[C@@H]1CCCO1. The third kappa shape index (κ3) is 4.80. The van der Waals surface area contributed by atoms with Crippen molar-refractivity contribution in [2.45, 2.75) is 31.4 Å². The summed E-state index contributed by atoms with van der Waals surface area (Å²) in [5.41, 5.74) is 7.41. The summed E-state index contributed by atoms with van der Waals surface area (Å²) in [6, 6.07) is 15.2. The Kier molecular flexibility index (Phi) is 5.98. The molecule has 0 saturated carbocycles. The molecule has 6 heteroatoms. The van der Waals surface area contributed by atoms with Crippen LogP contribution < -0.4 is 11.1 Å². The number of carbonyl (C=O) groups is 3. The maximum absolute atomic E-state index is 12.4. The molecule has 3 rings (SSSR count). The Morgan fingerprint density at radius 1 is 1.04 bits per heavy atom. The predicted octanol–water partition coefficient (Wildman–Crippen LogP) is 1.61. The summed E-state index contributed by atoms with van der Waals surface area (Å²) in [6.07, 6.45) is 1.22. The molecule has 1 heterocycles. The van der Waals surface area contributed by atoms with Crippen molar-refractivity contribution in [2.24, 2.45) is 5.73 Å². The second-order valence-corrected chi connectivity index (χ2v) is 6.56. The van der Waals surface area contributed by atoms with Crippen molar-refractivity contribution in [3.63, 3.8) is 0 Å². The average molecular weight is 366 g/mol. The second kappa shape index (κ2) is 8.60. The maximum Gasteiger partial charge on any atom is 0.249 e. The molecule has 0 aliphatic carbocycles. The molecule has 1 aliphatic heterocycles. The smallest absolute Gasteiger partial charge is 0.249 e. The van der Waals surface area contributed by atoms with Gasteiger partial charge in [0, 0.05) is 24.2 Å². The minimum absolute atomic E-state index is 0.0692. The zero-order chi connectivity index (χ0) is 19.2. The first kappa shape index (κ1) is 18.8. The molecule has 0 unspecified atom stereocenters. The second-order valence-electron chi connectivity index (χ2n) is 6.56. The Labute approximate surface area is 157 Å². The van der Waals surface area contributed by atoms with Gasteiger partial charge in [-0.25, -0.2) is 0 Å². The van der Waals surface area contributed by atoms with Gasteiger partial charge in [-0.15, -0.1) is 0 Å². The molecular weight excluding hydrogens is 344 g/mol. The lowest BCUT2D eigenvalue weighted by Crippen LogP contribution is -2.49. The first-order valence-corrected chi connectivity index (χ1v) is 8.94.